The van der Waals surface area contributed by atoms with E-state index in [1.54, 1.807) is 97.7 Å². The zero-order chi connectivity index (χ0) is 28.4. The second kappa shape index (κ2) is 20.6. The molecule has 0 bridgehead atoms. The monoisotopic (exact) mass is 648 g/mol. The van der Waals surface area contributed by atoms with Crippen molar-refractivity contribution in [3.05, 3.63) is 119 Å². The molecule has 4 aromatic carbocycles. The predicted molar refractivity (Wildman–Crippen MR) is 153 cm³/mol. The van der Waals surface area contributed by atoms with E-state index in [1.807, 2.05) is 0 Å². The molecule has 42 heavy (non-hydrogen) atoms. The van der Waals surface area contributed by atoms with Crippen LogP contribution < -0.4 is 20.4 Å². The first-order valence-corrected chi connectivity index (χ1v) is 12.6. The Hall–Kier alpha value is -4.25. The SMILES string of the molecule is [Ni+2].[Ni+2].[O-]c1ccccc1C=NCCN=Cc1ccccc1[O-].[O-]c1ccccc1C=NCCN=Cc1ccccc1[O-]. The van der Waals surface area contributed by atoms with Gasteiger partial charge in [-0.15, -0.1) is 23.0 Å². The van der Waals surface area contributed by atoms with Crippen molar-refractivity contribution in [3.8, 4) is 23.0 Å². The van der Waals surface area contributed by atoms with Gasteiger partial charge in [0.2, 0.25) is 0 Å². The van der Waals surface area contributed by atoms with E-state index in [4.69, 9.17) is 0 Å². The zero-order valence-electron chi connectivity index (χ0n) is 22.4. The van der Waals surface area contributed by atoms with Crippen LogP contribution in [0.5, 0.6) is 23.0 Å². The molecule has 0 amide bonds. The average Bonchev–Trinajstić information content (AvgIpc) is 2.96. The standard InChI is InChI=1S/2C16H16N2O2.2Ni/c2*19-15-7-3-1-5-13(15)11-17-9-10-18-12-14-6-2-4-8-16(14)20;;/h2*1-8,11-12,19-20H,9-10H2;;/q;;2*+2/p-4. The smallest absolute Gasteiger partial charge is 0.872 e. The van der Waals surface area contributed by atoms with Crippen LogP contribution in [0.2, 0.25) is 0 Å². The van der Waals surface area contributed by atoms with Crippen molar-refractivity contribution < 1.29 is 53.4 Å². The van der Waals surface area contributed by atoms with Crippen molar-refractivity contribution in [2.45, 2.75) is 0 Å². The predicted octanol–water partition coefficient (Wildman–Crippen LogP) is 2.74. The Morgan fingerprint density at radius 1 is 0.357 bits per heavy atom. The Kier molecular flexibility index (Phi) is 17.5. The molecule has 0 unspecified atom stereocenters. The number of hydrogen-bond acceptors (Lipinski definition) is 8. The fourth-order valence-electron chi connectivity index (χ4n) is 3.23. The molecule has 0 radical (unpaired) electrons. The summed E-state index contributed by atoms with van der Waals surface area (Å²) in [4.78, 5) is 16.6. The second-order valence-corrected chi connectivity index (χ2v) is 8.29. The molecule has 0 N–H and O–H groups in total. The first kappa shape index (κ1) is 35.8. The fourth-order valence-corrected chi connectivity index (χ4v) is 3.23. The van der Waals surface area contributed by atoms with Gasteiger partial charge in [0, 0.05) is 24.9 Å². The molecule has 0 spiro atoms. The maximum atomic E-state index is 11.4. The Bertz CT molecular complexity index is 1250. The van der Waals surface area contributed by atoms with Gasteiger partial charge < -0.3 is 20.4 Å². The van der Waals surface area contributed by atoms with Crippen molar-refractivity contribution in [1.29, 1.82) is 0 Å². The summed E-state index contributed by atoms with van der Waals surface area (Å²) < 4.78 is 0. The van der Waals surface area contributed by atoms with E-state index in [-0.39, 0.29) is 56.0 Å². The van der Waals surface area contributed by atoms with E-state index in [0.717, 1.165) is 0 Å². The molecule has 0 saturated heterocycles. The minimum absolute atomic E-state index is 0. The first-order chi connectivity index (χ1) is 19.5. The van der Waals surface area contributed by atoms with E-state index < -0.39 is 0 Å². The van der Waals surface area contributed by atoms with Gasteiger partial charge in [-0.1, -0.05) is 97.1 Å². The van der Waals surface area contributed by atoms with Crippen molar-refractivity contribution >= 4 is 24.9 Å². The molecule has 0 aliphatic rings. The molecule has 8 nitrogen and oxygen atoms in total. The summed E-state index contributed by atoms with van der Waals surface area (Å²) >= 11 is 0. The van der Waals surface area contributed by atoms with E-state index in [2.05, 4.69) is 20.0 Å². The van der Waals surface area contributed by atoms with Crippen LogP contribution in [0.3, 0.4) is 0 Å². The van der Waals surface area contributed by atoms with Gasteiger partial charge >= 0.3 is 33.0 Å². The normalized spacial score (nSPS) is 10.9. The molecule has 0 aliphatic heterocycles. The van der Waals surface area contributed by atoms with Crippen LogP contribution in [0.15, 0.2) is 117 Å². The van der Waals surface area contributed by atoms with Crippen LogP contribution in [0, 0.1) is 0 Å². The molecule has 4 aromatic rings. The van der Waals surface area contributed by atoms with Gasteiger partial charge in [0.15, 0.2) is 0 Å². The molecule has 0 saturated carbocycles. The third-order valence-corrected chi connectivity index (χ3v) is 5.31. The summed E-state index contributed by atoms with van der Waals surface area (Å²) in [5, 5.41) is 45.6. The zero-order valence-corrected chi connectivity index (χ0v) is 24.4. The maximum Gasteiger partial charge on any atom is 2.00 e. The number of hydrogen-bond donors (Lipinski definition) is 0. The van der Waals surface area contributed by atoms with Crippen molar-refractivity contribution in [2.24, 2.45) is 20.0 Å². The van der Waals surface area contributed by atoms with Crippen molar-refractivity contribution in [2.75, 3.05) is 26.2 Å². The number of aliphatic imine (C=N–C) groups is 4. The Morgan fingerprint density at radius 2 is 0.548 bits per heavy atom. The van der Waals surface area contributed by atoms with Crippen LogP contribution in [0.25, 0.3) is 0 Å². The molecule has 0 atom stereocenters. The summed E-state index contributed by atoms with van der Waals surface area (Å²) in [5.41, 5.74) is 2.28. The van der Waals surface area contributed by atoms with Crippen LogP contribution in [-0.2, 0) is 33.0 Å². The third kappa shape index (κ3) is 12.9. The molecule has 220 valence electrons. The maximum absolute atomic E-state index is 11.4. The summed E-state index contributed by atoms with van der Waals surface area (Å²) in [5.74, 6) is -0.167. The Morgan fingerprint density at radius 3 is 0.738 bits per heavy atom. The molecule has 4 rings (SSSR count). The minimum Gasteiger partial charge on any atom is -0.872 e. The van der Waals surface area contributed by atoms with Gasteiger partial charge in [-0.3, -0.25) is 20.0 Å². The molecular formula is C32H28N4Ni2O4. The van der Waals surface area contributed by atoms with Gasteiger partial charge in [-0.25, -0.2) is 0 Å². The van der Waals surface area contributed by atoms with Crippen LogP contribution in [0.4, 0.5) is 0 Å². The van der Waals surface area contributed by atoms with Gasteiger partial charge in [-0.2, -0.15) is 0 Å². The van der Waals surface area contributed by atoms with Gasteiger partial charge in [0.05, 0.1) is 26.2 Å². The average molecular weight is 650 g/mol. The van der Waals surface area contributed by atoms with Gasteiger partial charge in [0.25, 0.3) is 0 Å². The fraction of sp³-hybridized carbons (Fsp3) is 0.125. The number of para-hydroxylation sites is 4. The largest absolute Gasteiger partial charge is 2.00 e. The third-order valence-electron chi connectivity index (χ3n) is 5.31. The Balaban J connectivity index is 0.000000401. The van der Waals surface area contributed by atoms with Crippen LogP contribution in [0.1, 0.15) is 22.3 Å². The minimum atomic E-state index is -0.0416. The van der Waals surface area contributed by atoms with Gasteiger partial charge in [-0.05, 0) is 22.3 Å². The quantitative estimate of drug-likeness (QED) is 0.148. The van der Waals surface area contributed by atoms with Gasteiger partial charge in [0.1, 0.15) is 0 Å². The Labute approximate surface area is 265 Å². The molecule has 0 aromatic heterocycles. The van der Waals surface area contributed by atoms with Crippen molar-refractivity contribution in [3.63, 3.8) is 0 Å². The molecule has 0 heterocycles. The summed E-state index contributed by atoms with van der Waals surface area (Å²) in [6.07, 6.45) is 6.22. The van der Waals surface area contributed by atoms with E-state index in [9.17, 15) is 20.4 Å². The molecule has 10 heteroatoms. The van der Waals surface area contributed by atoms with Crippen LogP contribution >= 0.6 is 0 Å². The van der Waals surface area contributed by atoms with E-state index in [0.29, 0.717) is 48.4 Å². The number of rotatable bonds is 10. The van der Waals surface area contributed by atoms with Crippen molar-refractivity contribution in [1.82, 2.24) is 0 Å². The van der Waals surface area contributed by atoms with E-state index in [1.165, 1.54) is 24.3 Å². The second-order valence-electron chi connectivity index (χ2n) is 8.29. The summed E-state index contributed by atoms with van der Waals surface area (Å²) in [6.45, 7) is 1.91. The summed E-state index contributed by atoms with van der Waals surface area (Å²) in [6, 6.07) is 26.9. The van der Waals surface area contributed by atoms with Crippen LogP contribution in [-0.4, -0.2) is 51.0 Å². The number of nitrogens with zero attached hydrogens (tertiary/aromatic N) is 4. The molecular weight excluding hydrogens is 622 g/mol. The summed E-state index contributed by atoms with van der Waals surface area (Å²) in [7, 11) is 0. The molecule has 0 fully saturated rings. The molecule has 0 aliphatic carbocycles. The van der Waals surface area contributed by atoms with E-state index >= 15 is 0 Å². The first-order valence-electron chi connectivity index (χ1n) is 12.6. The number of benzene rings is 4. The topological polar surface area (TPSA) is 142 Å².